The molecule has 2 heterocycles. The van der Waals surface area contributed by atoms with E-state index < -0.39 is 37.1 Å². The largest absolute Gasteiger partial charge is 0.508 e. The van der Waals surface area contributed by atoms with Crippen molar-refractivity contribution < 1.29 is 39.4 Å². The van der Waals surface area contributed by atoms with Gasteiger partial charge in [-0.1, -0.05) is 19.1 Å². The topological polar surface area (TPSA) is 150 Å². The molecule has 5 N–H and O–H groups in total. The number of rotatable bonds is 6. The van der Waals surface area contributed by atoms with E-state index in [1.807, 2.05) is 6.92 Å². The number of aliphatic hydroxyl groups is 4. The summed E-state index contributed by atoms with van der Waals surface area (Å²) in [4.78, 5) is 13.3. The second-order valence-electron chi connectivity index (χ2n) is 7.98. The number of ether oxygens (including phenoxy) is 2. The number of hydrogen-bond donors (Lipinski definition) is 5. The molecule has 0 spiro atoms. The molecular formula is C24H26O9. The number of aromatic hydroxyl groups is 1. The van der Waals surface area contributed by atoms with Crippen LogP contribution in [0.1, 0.15) is 25.0 Å². The fourth-order valence-electron chi connectivity index (χ4n) is 3.99. The van der Waals surface area contributed by atoms with Crippen LogP contribution in [0.4, 0.5) is 0 Å². The Morgan fingerprint density at radius 1 is 1.00 bits per heavy atom. The first kappa shape index (κ1) is 23.2. The van der Waals surface area contributed by atoms with E-state index in [9.17, 15) is 30.3 Å². The minimum absolute atomic E-state index is 0.0616. The molecule has 1 aliphatic rings. The van der Waals surface area contributed by atoms with Crippen LogP contribution in [-0.2, 0) is 4.74 Å². The lowest BCUT2D eigenvalue weighted by atomic mass is 9.89. The molecule has 0 radical (unpaired) electrons. The van der Waals surface area contributed by atoms with Gasteiger partial charge in [-0.25, -0.2) is 0 Å². The summed E-state index contributed by atoms with van der Waals surface area (Å²) >= 11 is 0. The Bertz CT molecular complexity index is 1170. The smallest absolute Gasteiger partial charge is 0.200 e. The number of hydrogen-bond acceptors (Lipinski definition) is 9. The van der Waals surface area contributed by atoms with E-state index in [0.717, 1.165) is 0 Å². The third-order valence-corrected chi connectivity index (χ3v) is 5.76. The summed E-state index contributed by atoms with van der Waals surface area (Å²) in [6.07, 6.45) is -5.10. The first-order chi connectivity index (χ1) is 15.9. The van der Waals surface area contributed by atoms with Gasteiger partial charge in [-0.3, -0.25) is 4.79 Å². The van der Waals surface area contributed by atoms with E-state index in [1.54, 1.807) is 24.3 Å². The highest BCUT2D eigenvalue weighted by Gasteiger charge is 2.46. The summed E-state index contributed by atoms with van der Waals surface area (Å²) in [6, 6.07) is 9.20. The van der Waals surface area contributed by atoms with Crippen molar-refractivity contribution in [1.29, 1.82) is 0 Å². The van der Waals surface area contributed by atoms with E-state index in [4.69, 9.17) is 13.9 Å². The summed E-state index contributed by atoms with van der Waals surface area (Å²) in [7, 11) is 0. The van der Waals surface area contributed by atoms with Crippen molar-refractivity contribution in [2.45, 2.75) is 43.9 Å². The summed E-state index contributed by atoms with van der Waals surface area (Å²) < 4.78 is 17.4. The molecule has 1 aliphatic heterocycles. The quantitative estimate of drug-likeness (QED) is 0.370. The number of aliphatic hydroxyl groups excluding tert-OH is 4. The Kier molecular flexibility index (Phi) is 6.68. The van der Waals surface area contributed by atoms with Gasteiger partial charge in [-0.05, 0) is 36.2 Å². The fourth-order valence-corrected chi connectivity index (χ4v) is 3.99. The zero-order valence-corrected chi connectivity index (χ0v) is 17.9. The van der Waals surface area contributed by atoms with E-state index in [-0.39, 0.29) is 39.0 Å². The maximum atomic E-state index is 13.3. The first-order valence-electron chi connectivity index (χ1n) is 10.7. The molecule has 3 aromatic rings. The standard InChI is InChI=1S/C24H26O9/c1-2-9-31-16-8-7-14-19(27)15(12-3-5-13(26)6-4-12)11-32-23(14)18(16)24-22(30)21(29)20(28)17(10-25)33-24/h3-8,11,17,20-22,24-26,28-30H,2,9-10H2,1H3/t17-,20-,21+,22-,24+/m1/s1. The van der Waals surface area contributed by atoms with Crippen LogP contribution in [0.5, 0.6) is 11.5 Å². The Morgan fingerprint density at radius 2 is 1.73 bits per heavy atom. The van der Waals surface area contributed by atoms with Crippen LogP contribution in [-0.4, -0.2) is 63.2 Å². The predicted molar refractivity (Wildman–Crippen MR) is 118 cm³/mol. The van der Waals surface area contributed by atoms with Crippen molar-refractivity contribution in [3.8, 4) is 22.6 Å². The van der Waals surface area contributed by atoms with Crippen molar-refractivity contribution in [2.24, 2.45) is 0 Å². The van der Waals surface area contributed by atoms with E-state index in [0.29, 0.717) is 18.6 Å². The lowest BCUT2D eigenvalue weighted by molar-refractivity contribution is -0.231. The highest BCUT2D eigenvalue weighted by molar-refractivity contribution is 5.86. The third kappa shape index (κ3) is 4.21. The highest BCUT2D eigenvalue weighted by atomic mass is 16.5. The maximum Gasteiger partial charge on any atom is 0.200 e. The zero-order valence-electron chi connectivity index (χ0n) is 17.9. The fraction of sp³-hybridized carbons (Fsp3) is 0.375. The minimum Gasteiger partial charge on any atom is -0.508 e. The molecule has 1 fully saturated rings. The lowest BCUT2D eigenvalue weighted by Gasteiger charge is -2.40. The van der Waals surface area contributed by atoms with E-state index in [1.165, 1.54) is 18.4 Å². The van der Waals surface area contributed by atoms with Gasteiger partial charge in [0, 0.05) is 0 Å². The first-order valence-corrected chi connectivity index (χ1v) is 10.7. The Labute approximate surface area is 189 Å². The SMILES string of the molecule is CCCOc1ccc2c(=O)c(-c3ccc(O)cc3)coc2c1[C@@H]1O[C@H](CO)[C@@H](O)[C@H](O)[C@H]1O. The van der Waals surface area contributed by atoms with Crippen molar-refractivity contribution in [2.75, 3.05) is 13.2 Å². The molecule has 0 amide bonds. The molecule has 176 valence electrons. The average Bonchev–Trinajstić information content (AvgIpc) is 2.82. The van der Waals surface area contributed by atoms with Crippen LogP contribution in [0.25, 0.3) is 22.1 Å². The Balaban J connectivity index is 1.90. The number of phenolic OH excluding ortho intramolecular Hbond substituents is 1. The molecule has 0 aliphatic carbocycles. The van der Waals surface area contributed by atoms with Gasteiger partial charge in [0.15, 0.2) is 0 Å². The van der Waals surface area contributed by atoms with Gasteiger partial charge < -0.3 is 39.4 Å². The molecule has 5 atom stereocenters. The van der Waals surface area contributed by atoms with Gasteiger partial charge in [0.25, 0.3) is 0 Å². The van der Waals surface area contributed by atoms with Crippen molar-refractivity contribution in [3.05, 3.63) is 58.4 Å². The van der Waals surface area contributed by atoms with Crippen LogP contribution in [0, 0.1) is 0 Å². The van der Waals surface area contributed by atoms with Crippen molar-refractivity contribution >= 4 is 11.0 Å². The maximum absolute atomic E-state index is 13.3. The number of benzene rings is 2. The average molecular weight is 458 g/mol. The summed E-state index contributed by atoms with van der Waals surface area (Å²) in [5, 5.41) is 50.4. The highest BCUT2D eigenvalue weighted by Crippen LogP contribution is 2.41. The van der Waals surface area contributed by atoms with Crippen LogP contribution in [0.15, 0.2) is 51.9 Å². The molecule has 9 nitrogen and oxygen atoms in total. The second kappa shape index (κ2) is 9.50. The number of fused-ring (bicyclic) bond motifs is 1. The van der Waals surface area contributed by atoms with Crippen molar-refractivity contribution in [1.82, 2.24) is 0 Å². The van der Waals surface area contributed by atoms with Gasteiger partial charge in [0.1, 0.15) is 53.9 Å². The summed E-state index contributed by atoms with van der Waals surface area (Å²) in [5.74, 6) is 0.348. The Morgan fingerprint density at radius 3 is 2.39 bits per heavy atom. The molecule has 1 saturated heterocycles. The molecule has 1 aromatic heterocycles. The summed E-state index contributed by atoms with van der Waals surface area (Å²) in [5.41, 5.74) is 0.760. The number of phenols is 1. The molecule has 0 bridgehead atoms. The molecule has 9 heteroatoms. The van der Waals surface area contributed by atoms with Gasteiger partial charge in [-0.2, -0.15) is 0 Å². The Hall–Kier alpha value is -2.95. The molecule has 4 rings (SSSR count). The minimum atomic E-state index is -1.60. The van der Waals surface area contributed by atoms with Crippen LogP contribution >= 0.6 is 0 Å². The monoisotopic (exact) mass is 458 g/mol. The van der Waals surface area contributed by atoms with Crippen LogP contribution in [0.2, 0.25) is 0 Å². The van der Waals surface area contributed by atoms with Gasteiger partial charge >= 0.3 is 0 Å². The molecule has 33 heavy (non-hydrogen) atoms. The van der Waals surface area contributed by atoms with E-state index >= 15 is 0 Å². The van der Waals surface area contributed by atoms with Crippen LogP contribution in [0.3, 0.4) is 0 Å². The van der Waals surface area contributed by atoms with Gasteiger partial charge in [0.2, 0.25) is 5.43 Å². The lowest BCUT2D eigenvalue weighted by Crippen LogP contribution is -2.55. The normalized spacial score (nSPS) is 25.3. The third-order valence-electron chi connectivity index (χ3n) is 5.76. The molecule has 2 aromatic carbocycles. The van der Waals surface area contributed by atoms with Gasteiger partial charge in [0.05, 0.1) is 29.7 Å². The van der Waals surface area contributed by atoms with Crippen molar-refractivity contribution in [3.63, 3.8) is 0 Å². The molecular weight excluding hydrogens is 432 g/mol. The predicted octanol–water partition coefficient (Wildman–Crippen LogP) is 1.47. The summed E-state index contributed by atoms with van der Waals surface area (Å²) in [6.45, 7) is 1.66. The van der Waals surface area contributed by atoms with Crippen LogP contribution < -0.4 is 10.2 Å². The van der Waals surface area contributed by atoms with E-state index in [2.05, 4.69) is 0 Å². The second-order valence-corrected chi connectivity index (χ2v) is 7.98. The van der Waals surface area contributed by atoms with Gasteiger partial charge in [-0.15, -0.1) is 0 Å². The zero-order chi connectivity index (χ0) is 23.7. The molecule has 0 unspecified atom stereocenters. The molecule has 0 saturated carbocycles.